The highest BCUT2D eigenvalue weighted by atomic mass is 35.5. The fourth-order valence-corrected chi connectivity index (χ4v) is 2.04. The van der Waals surface area contributed by atoms with Crippen LogP contribution in [0.5, 0.6) is 0 Å². The molecule has 0 spiro atoms. The zero-order valence-electron chi connectivity index (χ0n) is 11.2. The van der Waals surface area contributed by atoms with Crippen molar-refractivity contribution in [2.75, 3.05) is 11.9 Å². The average Bonchev–Trinajstić information content (AvgIpc) is 2.46. The predicted molar refractivity (Wildman–Crippen MR) is 81.8 cm³/mol. The van der Waals surface area contributed by atoms with E-state index in [1.807, 2.05) is 13.0 Å². The summed E-state index contributed by atoms with van der Waals surface area (Å²) in [6.07, 6.45) is 0. The lowest BCUT2D eigenvalue weighted by Gasteiger charge is -2.09. The molecule has 0 radical (unpaired) electrons. The first-order valence-electron chi connectivity index (χ1n) is 6.20. The van der Waals surface area contributed by atoms with Gasteiger partial charge in [-0.3, -0.25) is 0 Å². The summed E-state index contributed by atoms with van der Waals surface area (Å²) < 4.78 is 5.26. The van der Waals surface area contributed by atoms with Gasteiger partial charge in [0.1, 0.15) is 17.6 Å². The average molecular weight is 323 g/mol. The van der Waals surface area contributed by atoms with E-state index in [0.717, 1.165) is 0 Å². The van der Waals surface area contributed by atoms with E-state index in [-0.39, 0.29) is 6.61 Å². The minimum absolute atomic E-state index is 0.285. The highest BCUT2D eigenvalue weighted by molar-refractivity contribution is 6.33. The van der Waals surface area contributed by atoms with Crippen LogP contribution in [0, 0.1) is 11.3 Å². The second-order valence-electron chi connectivity index (χ2n) is 4.06. The first kappa shape index (κ1) is 15.5. The molecule has 2 aromatic rings. The topological polar surface area (TPSA) is 70.8 Å². The molecule has 0 aliphatic rings. The minimum Gasteiger partial charge on any atom is -0.374 e. The van der Waals surface area contributed by atoms with Crippen LogP contribution in [0.25, 0.3) is 0 Å². The number of aromatic nitrogens is 2. The molecule has 5 nitrogen and oxygen atoms in total. The third kappa shape index (κ3) is 4.30. The highest BCUT2D eigenvalue weighted by Gasteiger charge is 2.07. The molecule has 1 heterocycles. The molecule has 0 saturated carbocycles. The Labute approximate surface area is 132 Å². The number of anilines is 2. The van der Waals surface area contributed by atoms with Gasteiger partial charge >= 0.3 is 0 Å². The Balaban J connectivity index is 2.23. The Hall–Kier alpha value is -1.87. The Morgan fingerprint density at radius 2 is 2.10 bits per heavy atom. The van der Waals surface area contributed by atoms with E-state index in [4.69, 9.17) is 33.2 Å². The number of hydrogen-bond acceptors (Lipinski definition) is 5. The van der Waals surface area contributed by atoms with Gasteiger partial charge in [0.25, 0.3) is 0 Å². The normalized spacial score (nSPS) is 10.2. The third-order valence-electron chi connectivity index (χ3n) is 2.54. The zero-order valence-corrected chi connectivity index (χ0v) is 12.7. The molecule has 1 aromatic heterocycles. The predicted octanol–water partition coefficient (Wildman–Crippen LogP) is 3.94. The van der Waals surface area contributed by atoms with Crippen LogP contribution in [-0.2, 0) is 11.3 Å². The smallest absolute Gasteiger partial charge is 0.158 e. The van der Waals surface area contributed by atoms with Crippen LogP contribution in [0.3, 0.4) is 0 Å². The maximum absolute atomic E-state index is 8.82. The van der Waals surface area contributed by atoms with Gasteiger partial charge in [0, 0.05) is 12.7 Å². The SMILES string of the molecule is CCOCc1nc(Cl)cc(Nc2ccc(C#N)cc2Cl)n1. The van der Waals surface area contributed by atoms with E-state index in [1.165, 1.54) is 0 Å². The van der Waals surface area contributed by atoms with Crippen LogP contribution in [0.2, 0.25) is 10.2 Å². The van der Waals surface area contributed by atoms with Crippen molar-refractivity contribution in [2.24, 2.45) is 0 Å². The van der Waals surface area contributed by atoms with Gasteiger partial charge in [-0.2, -0.15) is 5.26 Å². The van der Waals surface area contributed by atoms with Crippen molar-refractivity contribution in [1.29, 1.82) is 5.26 Å². The van der Waals surface area contributed by atoms with Crippen LogP contribution in [0.1, 0.15) is 18.3 Å². The summed E-state index contributed by atoms with van der Waals surface area (Å²) >= 11 is 12.1. The van der Waals surface area contributed by atoms with Crippen molar-refractivity contribution in [3.8, 4) is 6.07 Å². The number of nitrogens with zero attached hydrogens (tertiary/aromatic N) is 3. The third-order valence-corrected chi connectivity index (χ3v) is 3.04. The van der Waals surface area contributed by atoms with Crippen LogP contribution < -0.4 is 5.32 Å². The number of nitrogens with one attached hydrogen (secondary N) is 1. The van der Waals surface area contributed by atoms with E-state index >= 15 is 0 Å². The monoisotopic (exact) mass is 322 g/mol. The summed E-state index contributed by atoms with van der Waals surface area (Å²) in [6, 6.07) is 8.56. The van der Waals surface area contributed by atoms with Gasteiger partial charge in [-0.1, -0.05) is 23.2 Å². The summed E-state index contributed by atoms with van der Waals surface area (Å²) in [7, 11) is 0. The molecule has 1 aromatic carbocycles. The second kappa shape index (κ2) is 7.23. The Morgan fingerprint density at radius 1 is 1.29 bits per heavy atom. The fourth-order valence-electron chi connectivity index (χ4n) is 1.61. The second-order valence-corrected chi connectivity index (χ2v) is 4.86. The molecule has 2 rings (SSSR count). The summed E-state index contributed by atoms with van der Waals surface area (Å²) in [4.78, 5) is 8.37. The molecule has 0 aliphatic heterocycles. The summed E-state index contributed by atoms with van der Waals surface area (Å²) in [5, 5.41) is 12.6. The number of benzene rings is 1. The van der Waals surface area contributed by atoms with Crippen LogP contribution in [-0.4, -0.2) is 16.6 Å². The van der Waals surface area contributed by atoms with Crippen molar-refractivity contribution < 1.29 is 4.74 Å². The molecule has 0 fully saturated rings. The van der Waals surface area contributed by atoms with Crippen LogP contribution in [0.15, 0.2) is 24.3 Å². The van der Waals surface area contributed by atoms with Gasteiger partial charge in [-0.25, -0.2) is 9.97 Å². The number of halogens is 2. The van der Waals surface area contributed by atoms with Gasteiger partial charge in [0.15, 0.2) is 5.82 Å². The van der Waals surface area contributed by atoms with Crippen molar-refractivity contribution in [3.63, 3.8) is 0 Å². The molecule has 1 N–H and O–H groups in total. The van der Waals surface area contributed by atoms with E-state index in [2.05, 4.69) is 15.3 Å². The molecular formula is C14H12Cl2N4O. The lowest BCUT2D eigenvalue weighted by atomic mass is 10.2. The van der Waals surface area contributed by atoms with Gasteiger partial charge < -0.3 is 10.1 Å². The van der Waals surface area contributed by atoms with Gasteiger partial charge in [0.05, 0.1) is 22.3 Å². The Morgan fingerprint density at radius 3 is 2.76 bits per heavy atom. The molecule has 0 amide bonds. The summed E-state index contributed by atoms with van der Waals surface area (Å²) in [5.41, 5.74) is 1.12. The van der Waals surface area contributed by atoms with Crippen LogP contribution in [0.4, 0.5) is 11.5 Å². The molecule has 0 aliphatic carbocycles. The van der Waals surface area contributed by atoms with Crippen molar-refractivity contribution in [2.45, 2.75) is 13.5 Å². The summed E-state index contributed by atoms with van der Waals surface area (Å²) in [5.74, 6) is 0.993. The lowest BCUT2D eigenvalue weighted by Crippen LogP contribution is -2.03. The van der Waals surface area contributed by atoms with Crippen LogP contribution >= 0.6 is 23.2 Å². The number of ether oxygens (including phenoxy) is 1. The quantitative estimate of drug-likeness (QED) is 0.844. The fraction of sp³-hybridized carbons (Fsp3) is 0.214. The lowest BCUT2D eigenvalue weighted by molar-refractivity contribution is 0.128. The molecule has 21 heavy (non-hydrogen) atoms. The largest absolute Gasteiger partial charge is 0.374 e. The maximum atomic E-state index is 8.82. The molecule has 0 unspecified atom stereocenters. The van der Waals surface area contributed by atoms with E-state index in [0.29, 0.717) is 39.7 Å². The van der Waals surface area contributed by atoms with Crippen molar-refractivity contribution in [1.82, 2.24) is 9.97 Å². The molecule has 7 heteroatoms. The molecular weight excluding hydrogens is 311 g/mol. The highest BCUT2D eigenvalue weighted by Crippen LogP contribution is 2.26. The first-order valence-corrected chi connectivity index (χ1v) is 6.96. The standard InChI is InChI=1S/C14H12Cl2N4O/c1-2-21-8-14-19-12(16)6-13(20-14)18-11-4-3-9(7-17)5-10(11)15/h3-6H,2,8H2,1H3,(H,18,19,20). The van der Waals surface area contributed by atoms with E-state index in [9.17, 15) is 0 Å². The zero-order chi connectivity index (χ0) is 15.2. The summed E-state index contributed by atoms with van der Waals surface area (Å²) in [6.45, 7) is 2.74. The van der Waals surface area contributed by atoms with Crippen molar-refractivity contribution >= 4 is 34.7 Å². The Bertz CT molecular complexity index is 685. The number of nitriles is 1. The minimum atomic E-state index is 0.285. The van der Waals surface area contributed by atoms with E-state index in [1.54, 1.807) is 24.3 Å². The van der Waals surface area contributed by atoms with Gasteiger partial charge in [0.2, 0.25) is 0 Å². The first-order chi connectivity index (χ1) is 10.1. The Kier molecular flexibility index (Phi) is 5.34. The molecule has 0 saturated heterocycles. The molecule has 108 valence electrons. The van der Waals surface area contributed by atoms with E-state index < -0.39 is 0 Å². The molecule has 0 atom stereocenters. The van der Waals surface area contributed by atoms with Gasteiger partial charge in [-0.05, 0) is 25.1 Å². The maximum Gasteiger partial charge on any atom is 0.158 e. The van der Waals surface area contributed by atoms with Crippen molar-refractivity contribution in [3.05, 3.63) is 45.8 Å². The van der Waals surface area contributed by atoms with Gasteiger partial charge in [-0.15, -0.1) is 0 Å². The number of hydrogen-bond donors (Lipinski definition) is 1. The molecule has 0 bridgehead atoms. The number of rotatable bonds is 5.